The van der Waals surface area contributed by atoms with Gasteiger partial charge >= 0.3 is 0 Å². The highest BCUT2D eigenvalue weighted by molar-refractivity contribution is 6.30. The third-order valence-corrected chi connectivity index (χ3v) is 7.19. The molecular weight excluding hydrogens is 422 g/mol. The molecule has 0 spiro atoms. The highest BCUT2D eigenvalue weighted by atomic mass is 35.5. The van der Waals surface area contributed by atoms with Crippen LogP contribution in [0, 0.1) is 0 Å². The summed E-state index contributed by atoms with van der Waals surface area (Å²) in [5.74, 6) is 0.903. The number of hydrogen-bond acceptors (Lipinski definition) is 3. The van der Waals surface area contributed by atoms with Crippen LogP contribution in [0.5, 0.6) is 5.75 Å². The Morgan fingerprint density at radius 2 is 1.75 bits per heavy atom. The average molecular weight is 446 g/mol. The van der Waals surface area contributed by atoms with Crippen molar-refractivity contribution in [3.63, 3.8) is 0 Å². The number of halogens is 1. The molecule has 2 atom stereocenters. The van der Waals surface area contributed by atoms with E-state index in [1.807, 2.05) is 17.0 Å². The summed E-state index contributed by atoms with van der Waals surface area (Å²) >= 11 is 5.96. The van der Waals surface area contributed by atoms with Crippen LogP contribution in [0.15, 0.2) is 66.7 Å². The Morgan fingerprint density at radius 3 is 2.62 bits per heavy atom. The van der Waals surface area contributed by atoms with Crippen molar-refractivity contribution in [2.45, 2.75) is 37.5 Å². The van der Waals surface area contributed by atoms with Gasteiger partial charge in [-0.3, -0.25) is 4.79 Å². The van der Waals surface area contributed by atoms with E-state index in [4.69, 9.17) is 21.1 Å². The molecule has 1 aliphatic carbocycles. The Labute approximate surface area is 192 Å². The molecular formula is C27H24ClNO3. The number of carbonyl (C=O) groups excluding carboxylic acids is 1. The fourth-order valence-corrected chi connectivity index (χ4v) is 5.51. The molecule has 162 valence electrons. The molecule has 0 N–H and O–H groups in total. The number of carbonyl (C=O) groups is 1. The van der Waals surface area contributed by atoms with Crippen molar-refractivity contribution in [3.8, 4) is 16.9 Å². The van der Waals surface area contributed by atoms with E-state index in [9.17, 15) is 4.79 Å². The van der Waals surface area contributed by atoms with Gasteiger partial charge in [-0.05, 0) is 59.4 Å². The number of aryl methyl sites for hydroxylation is 2. The van der Waals surface area contributed by atoms with Gasteiger partial charge in [0, 0.05) is 23.4 Å². The van der Waals surface area contributed by atoms with Gasteiger partial charge in [0.1, 0.15) is 18.5 Å². The van der Waals surface area contributed by atoms with Crippen LogP contribution in [-0.4, -0.2) is 30.1 Å². The summed E-state index contributed by atoms with van der Waals surface area (Å²) in [6, 6.07) is 22.6. The predicted molar refractivity (Wildman–Crippen MR) is 124 cm³/mol. The molecule has 2 saturated heterocycles. The lowest BCUT2D eigenvalue weighted by atomic mass is 9.83. The van der Waals surface area contributed by atoms with Gasteiger partial charge in [-0.2, -0.15) is 0 Å². The van der Waals surface area contributed by atoms with E-state index in [0.717, 1.165) is 24.2 Å². The summed E-state index contributed by atoms with van der Waals surface area (Å²) in [7, 11) is 0. The molecule has 0 bridgehead atoms. The van der Waals surface area contributed by atoms with Gasteiger partial charge in [-0.25, -0.2) is 0 Å². The molecule has 6 rings (SSSR count). The van der Waals surface area contributed by atoms with E-state index >= 15 is 0 Å². The molecule has 2 heterocycles. The first-order valence-electron chi connectivity index (χ1n) is 11.2. The van der Waals surface area contributed by atoms with Crippen LogP contribution in [0.1, 0.15) is 29.5 Å². The molecule has 2 aliphatic heterocycles. The third-order valence-electron chi connectivity index (χ3n) is 6.94. The van der Waals surface area contributed by atoms with Crippen molar-refractivity contribution >= 4 is 17.5 Å². The quantitative estimate of drug-likeness (QED) is 0.542. The first-order valence-corrected chi connectivity index (χ1v) is 11.6. The Balaban J connectivity index is 1.28. The van der Waals surface area contributed by atoms with Crippen LogP contribution in [-0.2, 0) is 28.1 Å². The van der Waals surface area contributed by atoms with Gasteiger partial charge in [0.15, 0.2) is 5.72 Å². The van der Waals surface area contributed by atoms with Crippen molar-refractivity contribution < 1.29 is 14.3 Å². The number of hydrogen-bond donors (Lipinski definition) is 0. The lowest BCUT2D eigenvalue weighted by Gasteiger charge is -2.32. The lowest BCUT2D eigenvalue weighted by molar-refractivity contribution is -0.140. The number of amides is 1. The standard InChI is InChI=1S/C27H24ClNO3/c28-21-8-10-22(11-9-21)31-17-23-16-29-26(30)13-14-27(29,32-23)20-7-12-25-19(15-20)6-5-18-3-1-2-4-24(18)25/h1-4,7-12,15,23H,5-6,13-14,16-17H2/t23-,27-/m1/s1. The molecule has 0 aromatic heterocycles. The average Bonchev–Trinajstić information content (AvgIpc) is 3.35. The van der Waals surface area contributed by atoms with Gasteiger partial charge < -0.3 is 14.4 Å². The van der Waals surface area contributed by atoms with Gasteiger partial charge in [0.2, 0.25) is 5.91 Å². The smallest absolute Gasteiger partial charge is 0.225 e. The van der Waals surface area contributed by atoms with Gasteiger partial charge in [0.25, 0.3) is 0 Å². The maximum atomic E-state index is 12.7. The summed E-state index contributed by atoms with van der Waals surface area (Å²) in [6.07, 6.45) is 3.07. The number of fused-ring (bicyclic) bond motifs is 4. The second kappa shape index (κ2) is 7.65. The number of benzene rings is 3. The number of rotatable bonds is 4. The van der Waals surface area contributed by atoms with Crippen molar-refractivity contribution in [1.29, 1.82) is 0 Å². The summed E-state index contributed by atoms with van der Waals surface area (Å²) in [5.41, 5.74) is 5.74. The van der Waals surface area contributed by atoms with E-state index in [0.29, 0.717) is 31.0 Å². The summed E-state index contributed by atoms with van der Waals surface area (Å²) in [6.45, 7) is 0.942. The second-order valence-electron chi connectivity index (χ2n) is 8.82. The highest BCUT2D eigenvalue weighted by Crippen LogP contribution is 2.47. The Bertz CT molecular complexity index is 1190. The van der Waals surface area contributed by atoms with Crippen molar-refractivity contribution in [2.75, 3.05) is 13.2 Å². The number of nitrogens with zero attached hydrogens (tertiary/aromatic N) is 1. The Hall–Kier alpha value is -2.82. The van der Waals surface area contributed by atoms with E-state index in [1.54, 1.807) is 12.1 Å². The second-order valence-corrected chi connectivity index (χ2v) is 9.26. The molecule has 2 fully saturated rings. The highest BCUT2D eigenvalue weighted by Gasteiger charge is 2.54. The van der Waals surface area contributed by atoms with Crippen molar-refractivity contribution in [1.82, 2.24) is 4.90 Å². The van der Waals surface area contributed by atoms with E-state index in [2.05, 4.69) is 42.5 Å². The molecule has 0 radical (unpaired) electrons. The fraction of sp³-hybridized carbons (Fsp3) is 0.296. The van der Waals surface area contributed by atoms with Crippen molar-refractivity contribution in [3.05, 3.63) is 88.4 Å². The molecule has 0 saturated carbocycles. The molecule has 3 aromatic carbocycles. The molecule has 3 aliphatic rings. The molecule has 0 unspecified atom stereocenters. The maximum absolute atomic E-state index is 12.7. The van der Waals surface area contributed by atoms with Crippen LogP contribution in [0.3, 0.4) is 0 Å². The van der Waals surface area contributed by atoms with Gasteiger partial charge in [-0.1, -0.05) is 54.1 Å². The molecule has 32 heavy (non-hydrogen) atoms. The van der Waals surface area contributed by atoms with Gasteiger partial charge in [0.05, 0.1) is 6.54 Å². The molecule has 4 nitrogen and oxygen atoms in total. The van der Waals surface area contributed by atoms with Crippen LogP contribution in [0.4, 0.5) is 0 Å². The van der Waals surface area contributed by atoms with E-state index in [1.165, 1.54) is 22.3 Å². The monoisotopic (exact) mass is 445 g/mol. The van der Waals surface area contributed by atoms with Crippen molar-refractivity contribution in [2.24, 2.45) is 0 Å². The van der Waals surface area contributed by atoms with E-state index in [-0.39, 0.29) is 12.0 Å². The maximum Gasteiger partial charge on any atom is 0.225 e. The molecule has 3 aromatic rings. The topological polar surface area (TPSA) is 38.8 Å². The third kappa shape index (κ3) is 3.21. The zero-order chi connectivity index (χ0) is 21.7. The summed E-state index contributed by atoms with van der Waals surface area (Å²) < 4.78 is 12.5. The summed E-state index contributed by atoms with van der Waals surface area (Å²) in [5, 5.41) is 0.676. The number of ether oxygens (including phenoxy) is 2. The van der Waals surface area contributed by atoms with Gasteiger partial charge in [-0.15, -0.1) is 0 Å². The Kier molecular flexibility index (Phi) is 4.74. The SMILES string of the molecule is O=C1CC[C@]2(c3ccc4c(c3)CCc3ccccc3-4)O[C@@H](COc3ccc(Cl)cc3)CN12. The minimum Gasteiger partial charge on any atom is -0.491 e. The minimum absolute atomic E-state index is 0.155. The first kappa shape index (κ1) is 19.8. The largest absolute Gasteiger partial charge is 0.491 e. The zero-order valence-electron chi connectivity index (χ0n) is 17.7. The minimum atomic E-state index is -0.683. The normalized spacial score (nSPS) is 23.6. The van der Waals surface area contributed by atoms with Crippen LogP contribution < -0.4 is 4.74 Å². The first-order chi connectivity index (χ1) is 15.6. The molecule has 5 heteroatoms. The van der Waals surface area contributed by atoms with E-state index < -0.39 is 5.72 Å². The Morgan fingerprint density at radius 1 is 0.969 bits per heavy atom. The van der Waals surface area contributed by atoms with Crippen LogP contribution in [0.25, 0.3) is 11.1 Å². The fourth-order valence-electron chi connectivity index (χ4n) is 5.39. The predicted octanol–water partition coefficient (Wildman–Crippen LogP) is 5.36. The van der Waals surface area contributed by atoms with Crippen LogP contribution >= 0.6 is 11.6 Å². The van der Waals surface area contributed by atoms with Crippen LogP contribution in [0.2, 0.25) is 5.02 Å². The zero-order valence-corrected chi connectivity index (χ0v) is 18.5. The lowest BCUT2D eigenvalue weighted by Crippen LogP contribution is -2.39. The molecule has 1 amide bonds. The summed E-state index contributed by atoms with van der Waals surface area (Å²) in [4.78, 5) is 14.7.